The maximum atomic E-state index is 12.5. The van der Waals surface area contributed by atoms with Crippen LogP contribution in [0.15, 0.2) is 60.7 Å². The van der Waals surface area contributed by atoms with E-state index in [-0.39, 0.29) is 18.4 Å². The van der Waals surface area contributed by atoms with Crippen LogP contribution in [0.4, 0.5) is 4.79 Å². The van der Waals surface area contributed by atoms with Crippen LogP contribution in [0.3, 0.4) is 0 Å². The largest absolute Gasteiger partial charge is 0.341 e. The lowest BCUT2D eigenvalue weighted by Gasteiger charge is -2.23. The summed E-state index contributed by atoms with van der Waals surface area (Å²) in [5.74, 6) is 0.00685. The number of nitrogens with one attached hydrogen (secondary N) is 1. The molecule has 0 heterocycles. The van der Waals surface area contributed by atoms with E-state index >= 15 is 0 Å². The fourth-order valence-electron chi connectivity index (χ4n) is 2.92. The van der Waals surface area contributed by atoms with Gasteiger partial charge in [-0.1, -0.05) is 60.7 Å². The Labute approximate surface area is 167 Å². The molecule has 2 aromatic rings. The first-order valence-electron chi connectivity index (χ1n) is 9.65. The number of nitrogens with two attached hydrogens (primary N) is 1. The molecule has 0 aliphatic rings. The SMILES string of the molecule is CN(Cc1ccccc1)C(=O)NCCC(=O)N(CCN)CCc1ccccc1. The number of hydrogen-bond acceptors (Lipinski definition) is 3. The van der Waals surface area contributed by atoms with E-state index in [1.54, 1.807) is 16.8 Å². The van der Waals surface area contributed by atoms with Crippen LogP contribution in [-0.2, 0) is 17.8 Å². The van der Waals surface area contributed by atoms with Crippen LogP contribution in [-0.4, -0.2) is 55.0 Å². The summed E-state index contributed by atoms with van der Waals surface area (Å²) in [5, 5.41) is 2.81. The van der Waals surface area contributed by atoms with Crippen LogP contribution in [0.25, 0.3) is 0 Å². The molecule has 0 atom stereocenters. The molecular formula is C22H30N4O2. The van der Waals surface area contributed by atoms with E-state index in [9.17, 15) is 9.59 Å². The Morgan fingerprint density at radius 3 is 2.14 bits per heavy atom. The van der Waals surface area contributed by atoms with Gasteiger partial charge in [0, 0.05) is 46.2 Å². The van der Waals surface area contributed by atoms with Gasteiger partial charge in [0.25, 0.3) is 0 Å². The lowest BCUT2D eigenvalue weighted by Crippen LogP contribution is -2.41. The Kier molecular flexibility index (Phi) is 9.01. The normalized spacial score (nSPS) is 10.4. The number of nitrogens with zero attached hydrogens (tertiary/aromatic N) is 2. The first-order chi connectivity index (χ1) is 13.6. The molecule has 0 bridgehead atoms. The van der Waals surface area contributed by atoms with Gasteiger partial charge in [0.1, 0.15) is 0 Å². The quantitative estimate of drug-likeness (QED) is 0.661. The summed E-state index contributed by atoms with van der Waals surface area (Å²) in [6.07, 6.45) is 1.05. The van der Waals surface area contributed by atoms with E-state index in [1.165, 1.54) is 5.56 Å². The third-order valence-corrected chi connectivity index (χ3v) is 4.49. The van der Waals surface area contributed by atoms with Gasteiger partial charge in [0.2, 0.25) is 5.91 Å². The van der Waals surface area contributed by atoms with Gasteiger partial charge in [-0.15, -0.1) is 0 Å². The molecule has 0 aliphatic heterocycles. The fraction of sp³-hybridized carbons (Fsp3) is 0.364. The topological polar surface area (TPSA) is 78.7 Å². The van der Waals surface area contributed by atoms with Crippen molar-refractivity contribution in [3.8, 4) is 0 Å². The summed E-state index contributed by atoms with van der Waals surface area (Å²) in [6, 6.07) is 19.7. The zero-order valence-electron chi connectivity index (χ0n) is 16.5. The monoisotopic (exact) mass is 382 g/mol. The first-order valence-corrected chi connectivity index (χ1v) is 9.65. The van der Waals surface area contributed by atoms with Crippen LogP contribution >= 0.6 is 0 Å². The highest BCUT2D eigenvalue weighted by Gasteiger charge is 2.14. The third kappa shape index (κ3) is 7.40. The minimum Gasteiger partial charge on any atom is -0.341 e. The minimum atomic E-state index is -0.189. The Bertz CT molecular complexity index is 722. The van der Waals surface area contributed by atoms with Gasteiger partial charge in [0.05, 0.1) is 0 Å². The van der Waals surface area contributed by atoms with Gasteiger partial charge in [-0.3, -0.25) is 4.79 Å². The fourth-order valence-corrected chi connectivity index (χ4v) is 2.92. The number of carbonyl (C=O) groups excluding carboxylic acids is 2. The van der Waals surface area contributed by atoms with Crippen LogP contribution in [0.2, 0.25) is 0 Å². The second-order valence-corrected chi connectivity index (χ2v) is 6.73. The van der Waals surface area contributed by atoms with Gasteiger partial charge in [-0.05, 0) is 17.5 Å². The van der Waals surface area contributed by atoms with Gasteiger partial charge in [-0.25, -0.2) is 4.79 Å². The molecule has 2 rings (SSSR count). The van der Waals surface area contributed by atoms with E-state index < -0.39 is 0 Å². The maximum Gasteiger partial charge on any atom is 0.317 e. The van der Waals surface area contributed by atoms with Crippen LogP contribution < -0.4 is 11.1 Å². The summed E-state index contributed by atoms with van der Waals surface area (Å²) in [7, 11) is 1.74. The molecule has 150 valence electrons. The Morgan fingerprint density at radius 1 is 0.929 bits per heavy atom. The number of carbonyl (C=O) groups is 2. The van der Waals surface area contributed by atoms with E-state index in [0.29, 0.717) is 32.7 Å². The van der Waals surface area contributed by atoms with Gasteiger partial charge in [-0.2, -0.15) is 0 Å². The summed E-state index contributed by atoms with van der Waals surface area (Å²) >= 11 is 0. The average Bonchev–Trinajstić information content (AvgIpc) is 2.72. The molecule has 0 saturated heterocycles. The van der Waals surface area contributed by atoms with E-state index in [4.69, 9.17) is 5.73 Å². The molecule has 2 aromatic carbocycles. The van der Waals surface area contributed by atoms with Gasteiger partial charge < -0.3 is 20.9 Å². The molecule has 0 aromatic heterocycles. The highest BCUT2D eigenvalue weighted by molar-refractivity contribution is 5.78. The number of benzene rings is 2. The number of urea groups is 1. The Morgan fingerprint density at radius 2 is 1.54 bits per heavy atom. The van der Waals surface area contributed by atoms with Crippen molar-refractivity contribution in [1.82, 2.24) is 15.1 Å². The molecule has 0 saturated carbocycles. The molecule has 0 radical (unpaired) electrons. The van der Waals surface area contributed by atoms with Crippen molar-refractivity contribution < 1.29 is 9.59 Å². The molecule has 28 heavy (non-hydrogen) atoms. The van der Waals surface area contributed by atoms with E-state index in [2.05, 4.69) is 5.32 Å². The number of hydrogen-bond donors (Lipinski definition) is 2. The van der Waals surface area contributed by atoms with Gasteiger partial charge in [0.15, 0.2) is 0 Å². The van der Waals surface area contributed by atoms with E-state index in [0.717, 1.165) is 12.0 Å². The van der Waals surface area contributed by atoms with Crippen LogP contribution in [0, 0.1) is 0 Å². The molecule has 0 spiro atoms. The lowest BCUT2D eigenvalue weighted by molar-refractivity contribution is -0.130. The Hall–Kier alpha value is -2.86. The summed E-state index contributed by atoms with van der Waals surface area (Å²) in [5.41, 5.74) is 7.91. The highest BCUT2D eigenvalue weighted by Crippen LogP contribution is 2.04. The molecule has 3 amide bonds. The third-order valence-electron chi connectivity index (χ3n) is 4.49. The first kappa shape index (κ1) is 21.4. The van der Waals surface area contributed by atoms with Crippen molar-refractivity contribution in [3.63, 3.8) is 0 Å². The minimum absolute atomic E-state index is 0.00685. The average molecular weight is 383 g/mol. The molecule has 6 heteroatoms. The highest BCUT2D eigenvalue weighted by atomic mass is 16.2. The Balaban J connectivity index is 1.74. The second-order valence-electron chi connectivity index (χ2n) is 6.73. The second kappa shape index (κ2) is 11.8. The van der Waals surface area contributed by atoms with Gasteiger partial charge >= 0.3 is 6.03 Å². The molecule has 6 nitrogen and oxygen atoms in total. The standard InChI is InChI=1S/C22H30N4O2/c1-25(18-20-10-6-3-7-11-20)22(28)24-15-12-21(27)26(17-14-23)16-13-19-8-4-2-5-9-19/h2-11H,12-18,23H2,1H3,(H,24,28). The molecule has 3 N–H and O–H groups in total. The summed E-state index contributed by atoms with van der Waals surface area (Å²) in [6.45, 7) is 2.41. The predicted molar refractivity (Wildman–Crippen MR) is 112 cm³/mol. The van der Waals surface area contributed by atoms with Crippen molar-refractivity contribution in [2.75, 3.05) is 33.2 Å². The van der Waals surface area contributed by atoms with Crippen molar-refractivity contribution in [3.05, 3.63) is 71.8 Å². The van der Waals surface area contributed by atoms with Crippen LogP contribution in [0.5, 0.6) is 0 Å². The van der Waals surface area contributed by atoms with Crippen molar-refractivity contribution in [2.24, 2.45) is 5.73 Å². The van der Waals surface area contributed by atoms with Crippen molar-refractivity contribution >= 4 is 11.9 Å². The molecular weight excluding hydrogens is 352 g/mol. The zero-order valence-corrected chi connectivity index (χ0v) is 16.5. The lowest BCUT2D eigenvalue weighted by atomic mass is 10.1. The number of amides is 3. The zero-order chi connectivity index (χ0) is 20.2. The number of rotatable bonds is 10. The summed E-state index contributed by atoms with van der Waals surface area (Å²) < 4.78 is 0. The van der Waals surface area contributed by atoms with Crippen molar-refractivity contribution in [1.29, 1.82) is 0 Å². The van der Waals surface area contributed by atoms with Crippen LogP contribution in [0.1, 0.15) is 17.5 Å². The smallest absolute Gasteiger partial charge is 0.317 e. The molecule has 0 unspecified atom stereocenters. The maximum absolute atomic E-state index is 12.5. The van der Waals surface area contributed by atoms with Crippen molar-refractivity contribution in [2.45, 2.75) is 19.4 Å². The van der Waals surface area contributed by atoms with E-state index in [1.807, 2.05) is 60.7 Å². The molecule has 0 aliphatic carbocycles. The summed E-state index contributed by atoms with van der Waals surface area (Å²) in [4.78, 5) is 28.1. The molecule has 0 fully saturated rings. The predicted octanol–water partition coefficient (Wildman–Crippen LogP) is 2.25.